The van der Waals surface area contributed by atoms with Crippen molar-refractivity contribution in [1.29, 1.82) is 0 Å². The number of benzene rings is 1. The molecule has 3 rings (SSSR count). The molecule has 1 saturated heterocycles. The number of thioether (sulfide) groups is 1. The van der Waals surface area contributed by atoms with Crippen molar-refractivity contribution in [1.82, 2.24) is 20.8 Å². The normalized spacial score (nSPS) is 17.4. The molecule has 0 aliphatic carbocycles. The van der Waals surface area contributed by atoms with E-state index in [0.29, 0.717) is 12.5 Å². The van der Waals surface area contributed by atoms with Gasteiger partial charge in [-0.1, -0.05) is 35.2 Å². The monoisotopic (exact) mass is 376 g/mol. The average molecular weight is 377 g/mol. The lowest BCUT2D eigenvalue weighted by atomic mass is 9.90. The van der Waals surface area contributed by atoms with Gasteiger partial charge in [-0.15, -0.1) is 10.2 Å². The van der Waals surface area contributed by atoms with Gasteiger partial charge in [0, 0.05) is 24.4 Å². The van der Waals surface area contributed by atoms with E-state index in [-0.39, 0.29) is 5.91 Å². The standard InChI is InChI=1S/C18H24N4OS2/c1-13-21-22-18(25-13)24-10-4-9-20-17(23)15-6-2-5-14(11-15)16-7-3-8-19-12-16/h2,5-6,11,16,19H,3-4,7-10,12H2,1H3,(H,20,23)/t16-/m0/s1. The maximum atomic E-state index is 12.4. The molecule has 5 nitrogen and oxygen atoms in total. The lowest BCUT2D eigenvalue weighted by Gasteiger charge is -2.23. The number of carbonyl (C=O) groups excluding carboxylic acids is 1. The maximum Gasteiger partial charge on any atom is 0.251 e. The number of aromatic nitrogens is 2. The molecule has 7 heteroatoms. The molecule has 0 bridgehead atoms. The summed E-state index contributed by atoms with van der Waals surface area (Å²) in [6, 6.07) is 8.07. The number of hydrogen-bond donors (Lipinski definition) is 2. The molecule has 0 radical (unpaired) electrons. The molecule has 0 unspecified atom stereocenters. The number of nitrogens with zero attached hydrogens (tertiary/aromatic N) is 2. The summed E-state index contributed by atoms with van der Waals surface area (Å²) in [7, 11) is 0. The first-order chi connectivity index (χ1) is 12.2. The molecule has 1 fully saturated rings. The molecule has 1 amide bonds. The number of amides is 1. The van der Waals surface area contributed by atoms with E-state index < -0.39 is 0 Å². The van der Waals surface area contributed by atoms with Gasteiger partial charge in [-0.25, -0.2) is 0 Å². The van der Waals surface area contributed by atoms with Crippen molar-refractivity contribution < 1.29 is 4.79 Å². The highest BCUT2D eigenvalue weighted by molar-refractivity contribution is 8.01. The van der Waals surface area contributed by atoms with Crippen LogP contribution in [-0.2, 0) is 0 Å². The Balaban J connectivity index is 1.43. The summed E-state index contributed by atoms with van der Waals surface area (Å²) in [4.78, 5) is 12.4. The fraction of sp³-hybridized carbons (Fsp3) is 0.500. The van der Waals surface area contributed by atoms with Crippen LogP contribution >= 0.6 is 23.1 Å². The summed E-state index contributed by atoms with van der Waals surface area (Å²) >= 11 is 3.31. The van der Waals surface area contributed by atoms with Gasteiger partial charge in [-0.2, -0.15) is 0 Å². The van der Waals surface area contributed by atoms with Gasteiger partial charge in [0.1, 0.15) is 5.01 Å². The number of carbonyl (C=O) groups is 1. The van der Waals surface area contributed by atoms with Gasteiger partial charge in [-0.3, -0.25) is 4.79 Å². The van der Waals surface area contributed by atoms with Gasteiger partial charge in [0.05, 0.1) is 0 Å². The molecule has 134 valence electrons. The molecular formula is C18H24N4OS2. The Labute approximate surface area is 157 Å². The van der Waals surface area contributed by atoms with E-state index >= 15 is 0 Å². The van der Waals surface area contributed by atoms with Crippen LogP contribution in [0.2, 0.25) is 0 Å². The summed E-state index contributed by atoms with van der Waals surface area (Å²) in [5.41, 5.74) is 2.03. The van der Waals surface area contributed by atoms with E-state index in [2.05, 4.69) is 26.9 Å². The van der Waals surface area contributed by atoms with E-state index in [9.17, 15) is 4.79 Å². The van der Waals surface area contributed by atoms with Crippen LogP contribution in [0.5, 0.6) is 0 Å². The van der Waals surface area contributed by atoms with E-state index in [0.717, 1.165) is 40.2 Å². The second-order valence-electron chi connectivity index (χ2n) is 6.21. The summed E-state index contributed by atoms with van der Waals surface area (Å²) in [6.45, 7) is 4.75. The van der Waals surface area contributed by atoms with Crippen LogP contribution in [-0.4, -0.2) is 41.5 Å². The number of hydrogen-bond acceptors (Lipinski definition) is 6. The quantitative estimate of drug-likeness (QED) is 0.574. The first kappa shape index (κ1) is 18.4. The molecule has 1 aromatic carbocycles. The summed E-state index contributed by atoms with van der Waals surface area (Å²) in [5, 5.41) is 15.5. The topological polar surface area (TPSA) is 66.9 Å². The van der Waals surface area contributed by atoms with Crippen molar-refractivity contribution in [2.24, 2.45) is 0 Å². The third-order valence-corrected chi connectivity index (χ3v) is 6.32. The lowest BCUT2D eigenvalue weighted by molar-refractivity contribution is 0.0953. The summed E-state index contributed by atoms with van der Waals surface area (Å²) in [6.07, 6.45) is 3.31. The fourth-order valence-electron chi connectivity index (χ4n) is 2.94. The third-order valence-electron chi connectivity index (χ3n) is 4.26. The van der Waals surface area contributed by atoms with Gasteiger partial charge >= 0.3 is 0 Å². The van der Waals surface area contributed by atoms with Gasteiger partial charge in [0.2, 0.25) is 0 Å². The number of rotatable bonds is 7. The number of piperidine rings is 1. The Bertz CT molecular complexity index is 698. The Morgan fingerprint density at radius 2 is 2.36 bits per heavy atom. The molecule has 0 saturated carbocycles. The second kappa shape index (κ2) is 9.31. The Morgan fingerprint density at radius 1 is 1.44 bits per heavy atom. The first-order valence-corrected chi connectivity index (χ1v) is 10.5. The minimum Gasteiger partial charge on any atom is -0.352 e. The van der Waals surface area contributed by atoms with Gasteiger partial charge in [0.25, 0.3) is 5.91 Å². The minimum atomic E-state index is 0.0161. The molecule has 25 heavy (non-hydrogen) atoms. The Hall–Kier alpha value is -1.44. The largest absolute Gasteiger partial charge is 0.352 e. The predicted molar refractivity (Wildman–Crippen MR) is 104 cm³/mol. The van der Waals surface area contributed by atoms with Crippen molar-refractivity contribution in [2.75, 3.05) is 25.4 Å². The molecule has 1 aromatic heterocycles. The van der Waals surface area contributed by atoms with Crippen molar-refractivity contribution >= 4 is 29.0 Å². The number of aryl methyl sites for hydroxylation is 1. The van der Waals surface area contributed by atoms with Gasteiger partial charge in [0.15, 0.2) is 4.34 Å². The van der Waals surface area contributed by atoms with Crippen LogP contribution in [0.1, 0.15) is 46.1 Å². The zero-order chi connectivity index (χ0) is 17.5. The van der Waals surface area contributed by atoms with Gasteiger partial charge in [-0.05, 0) is 56.3 Å². The molecule has 2 aromatic rings. The van der Waals surface area contributed by atoms with Crippen LogP contribution < -0.4 is 10.6 Å². The number of nitrogens with one attached hydrogen (secondary N) is 2. The van der Waals surface area contributed by atoms with Crippen molar-refractivity contribution in [3.8, 4) is 0 Å². The molecule has 1 atom stereocenters. The maximum absolute atomic E-state index is 12.4. The van der Waals surface area contributed by atoms with Crippen LogP contribution in [0.3, 0.4) is 0 Å². The SMILES string of the molecule is Cc1nnc(SCCCNC(=O)c2cccc([C@H]3CCCNC3)c2)s1. The predicted octanol–water partition coefficient (Wildman–Crippen LogP) is 3.23. The highest BCUT2D eigenvalue weighted by atomic mass is 32.2. The van der Waals surface area contributed by atoms with E-state index in [1.807, 2.05) is 25.1 Å². The molecule has 1 aliphatic heterocycles. The highest BCUT2D eigenvalue weighted by Crippen LogP contribution is 2.24. The molecule has 1 aliphatic rings. The smallest absolute Gasteiger partial charge is 0.251 e. The summed E-state index contributed by atoms with van der Waals surface area (Å²) in [5.74, 6) is 1.47. The molecule has 0 spiro atoms. The van der Waals surface area contributed by atoms with Gasteiger partial charge < -0.3 is 10.6 Å². The van der Waals surface area contributed by atoms with E-state index in [4.69, 9.17) is 0 Å². The molecule has 2 N–H and O–H groups in total. The lowest BCUT2D eigenvalue weighted by Crippen LogP contribution is -2.29. The Morgan fingerprint density at radius 3 is 3.12 bits per heavy atom. The third kappa shape index (κ3) is 5.52. The fourth-order valence-corrected chi connectivity index (χ4v) is 4.77. The minimum absolute atomic E-state index is 0.0161. The summed E-state index contributed by atoms with van der Waals surface area (Å²) < 4.78 is 0.998. The zero-order valence-corrected chi connectivity index (χ0v) is 16.1. The zero-order valence-electron chi connectivity index (χ0n) is 14.5. The van der Waals surface area contributed by atoms with Crippen molar-refractivity contribution in [2.45, 2.75) is 36.4 Å². The second-order valence-corrected chi connectivity index (χ2v) is 8.74. The Kier molecular flexibility index (Phi) is 6.84. The van der Waals surface area contributed by atoms with E-state index in [1.165, 1.54) is 18.4 Å². The molecular weight excluding hydrogens is 352 g/mol. The van der Waals surface area contributed by atoms with Crippen LogP contribution in [0.4, 0.5) is 0 Å². The van der Waals surface area contributed by atoms with Crippen molar-refractivity contribution in [3.63, 3.8) is 0 Å². The highest BCUT2D eigenvalue weighted by Gasteiger charge is 2.16. The van der Waals surface area contributed by atoms with E-state index in [1.54, 1.807) is 23.1 Å². The first-order valence-electron chi connectivity index (χ1n) is 8.74. The molecule has 2 heterocycles. The van der Waals surface area contributed by atoms with Crippen LogP contribution in [0.25, 0.3) is 0 Å². The average Bonchev–Trinajstić information content (AvgIpc) is 3.07. The van der Waals surface area contributed by atoms with Crippen LogP contribution in [0.15, 0.2) is 28.6 Å². The van der Waals surface area contributed by atoms with Crippen LogP contribution in [0, 0.1) is 6.92 Å². The van der Waals surface area contributed by atoms with Crippen molar-refractivity contribution in [3.05, 3.63) is 40.4 Å².